The first-order valence-corrected chi connectivity index (χ1v) is 8.29. The van der Waals surface area contributed by atoms with Crippen LogP contribution in [0.15, 0.2) is 48.8 Å². The lowest BCUT2D eigenvalue weighted by Crippen LogP contribution is -2.31. The van der Waals surface area contributed by atoms with Gasteiger partial charge in [-0.1, -0.05) is 18.2 Å². The summed E-state index contributed by atoms with van der Waals surface area (Å²) in [6.45, 7) is 3.02. The van der Waals surface area contributed by atoms with Gasteiger partial charge in [0.15, 0.2) is 0 Å². The topological polar surface area (TPSA) is 68.2 Å². The zero-order chi connectivity index (χ0) is 17.2. The number of amides is 1. The molecule has 0 aliphatic carbocycles. The van der Waals surface area contributed by atoms with E-state index < -0.39 is 0 Å². The molecule has 126 valence electrons. The zero-order valence-electron chi connectivity index (χ0n) is 13.9. The second-order valence-electron chi connectivity index (χ2n) is 6.16. The molecule has 1 atom stereocenters. The molecule has 1 aromatic carbocycles. The van der Waals surface area contributed by atoms with Crippen LogP contribution < -0.4 is 4.74 Å². The Labute approximate surface area is 145 Å². The van der Waals surface area contributed by atoms with Crippen LogP contribution in [0.25, 0.3) is 10.9 Å². The highest BCUT2D eigenvalue weighted by atomic mass is 16.5. The summed E-state index contributed by atoms with van der Waals surface area (Å²) < 4.78 is 5.98. The van der Waals surface area contributed by atoms with Crippen LogP contribution in [0.1, 0.15) is 22.6 Å². The summed E-state index contributed by atoms with van der Waals surface area (Å²) in [7, 11) is 0. The number of rotatable bonds is 3. The monoisotopic (exact) mass is 334 g/mol. The molecule has 0 radical (unpaired) electrons. The molecule has 1 aliphatic rings. The highest BCUT2D eigenvalue weighted by Gasteiger charge is 2.29. The molecule has 2 aromatic heterocycles. The Balaban J connectivity index is 1.43. The van der Waals surface area contributed by atoms with Crippen molar-refractivity contribution in [1.29, 1.82) is 0 Å². The average Bonchev–Trinajstić information content (AvgIpc) is 3.10. The Morgan fingerprint density at radius 2 is 2.04 bits per heavy atom. The number of hydrogen-bond donors (Lipinski definition) is 0. The van der Waals surface area contributed by atoms with E-state index in [2.05, 4.69) is 15.0 Å². The molecule has 1 aliphatic heterocycles. The molecule has 6 heteroatoms. The number of carbonyl (C=O) groups excluding carboxylic acids is 1. The van der Waals surface area contributed by atoms with Gasteiger partial charge < -0.3 is 9.64 Å². The fourth-order valence-electron chi connectivity index (χ4n) is 2.96. The van der Waals surface area contributed by atoms with E-state index >= 15 is 0 Å². The molecule has 3 aromatic rings. The van der Waals surface area contributed by atoms with Crippen molar-refractivity contribution in [3.8, 4) is 5.88 Å². The molecule has 1 fully saturated rings. The lowest BCUT2D eigenvalue weighted by atomic mass is 10.2. The molecule has 0 spiro atoms. The van der Waals surface area contributed by atoms with Crippen molar-refractivity contribution < 1.29 is 9.53 Å². The fourth-order valence-corrected chi connectivity index (χ4v) is 2.96. The summed E-state index contributed by atoms with van der Waals surface area (Å²) in [5.41, 5.74) is 2.07. The van der Waals surface area contributed by atoms with Gasteiger partial charge >= 0.3 is 0 Å². The van der Waals surface area contributed by atoms with Gasteiger partial charge in [-0.3, -0.25) is 9.78 Å². The maximum atomic E-state index is 12.5. The third-order valence-corrected chi connectivity index (χ3v) is 4.29. The predicted molar refractivity (Wildman–Crippen MR) is 93.4 cm³/mol. The van der Waals surface area contributed by atoms with Crippen molar-refractivity contribution in [3.05, 3.63) is 60.2 Å². The van der Waals surface area contributed by atoms with E-state index in [0.29, 0.717) is 24.7 Å². The number of likely N-dealkylation sites (tertiary alicyclic amines) is 1. The minimum absolute atomic E-state index is 0.0592. The second kappa shape index (κ2) is 6.47. The first kappa shape index (κ1) is 15.5. The Hall–Kier alpha value is -3.02. The normalized spacial score (nSPS) is 17.0. The SMILES string of the molecule is Cc1cnc(C(=O)N2CCC(Oc3ccc4ccccc4n3)C2)cn1. The minimum Gasteiger partial charge on any atom is -0.472 e. The fraction of sp³-hybridized carbons (Fsp3) is 0.263. The molecule has 6 nitrogen and oxygen atoms in total. The molecule has 1 amide bonds. The Morgan fingerprint density at radius 3 is 2.88 bits per heavy atom. The van der Waals surface area contributed by atoms with E-state index in [1.165, 1.54) is 6.20 Å². The average molecular weight is 334 g/mol. The summed E-state index contributed by atoms with van der Waals surface area (Å²) in [5.74, 6) is 0.484. The van der Waals surface area contributed by atoms with Gasteiger partial charge in [-0.05, 0) is 19.1 Å². The number of nitrogens with zero attached hydrogens (tertiary/aromatic N) is 4. The van der Waals surface area contributed by atoms with E-state index in [1.807, 2.05) is 43.3 Å². The van der Waals surface area contributed by atoms with E-state index in [1.54, 1.807) is 11.1 Å². The van der Waals surface area contributed by atoms with Gasteiger partial charge in [0.25, 0.3) is 5.91 Å². The Morgan fingerprint density at radius 1 is 1.16 bits per heavy atom. The van der Waals surface area contributed by atoms with Gasteiger partial charge in [-0.25, -0.2) is 9.97 Å². The Kier molecular flexibility index (Phi) is 4.01. The summed E-state index contributed by atoms with van der Waals surface area (Å²) in [5, 5.41) is 1.08. The smallest absolute Gasteiger partial charge is 0.274 e. The maximum Gasteiger partial charge on any atom is 0.274 e. The molecule has 1 saturated heterocycles. The minimum atomic E-state index is -0.106. The first-order chi connectivity index (χ1) is 12.2. The maximum absolute atomic E-state index is 12.5. The van der Waals surface area contributed by atoms with Crippen LogP contribution in [0.2, 0.25) is 0 Å². The molecular formula is C19H18N4O2. The van der Waals surface area contributed by atoms with Crippen molar-refractivity contribution in [3.63, 3.8) is 0 Å². The summed E-state index contributed by atoms with van der Waals surface area (Å²) in [6, 6.07) is 11.8. The molecule has 4 rings (SSSR count). The van der Waals surface area contributed by atoms with Crippen LogP contribution in [-0.4, -0.2) is 45.0 Å². The number of aryl methyl sites for hydroxylation is 1. The summed E-state index contributed by atoms with van der Waals surface area (Å²) >= 11 is 0. The van der Waals surface area contributed by atoms with E-state index in [4.69, 9.17) is 4.74 Å². The molecule has 1 unspecified atom stereocenters. The van der Waals surface area contributed by atoms with Gasteiger partial charge in [0, 0.05) is 30.6 Å². The molecule has 0 bridgehead atoms. The number of benzene rings is 1. The van der Waals surface area contributed by atoms with Crippen molar-refractivity contribution in [2.75, 3.05) is 13.1 Å². The highest BCUT2D eigenvalue weighted by Crippen LogP contribution is 2.21. The van der Waals surface area contributed by atoms with Crippen molar-refractivity contribution in [2.24, 2.45) is 0 Å². The molecule has 25 heavy (non-hydrogen) atoms. The van der Waals surface area contributed by atoms with Gasteiger partial charge in [-0.2, -0.15) is 0 Å². The number of fused-ring (bicyclic) bond motifs is 1. The van der Waals surface area contributed by atoms with Crippen LogP contribution in [0.5, 0.6) is 5.88 Å². The van der Waals surface area contributed by atoms with Crippen LogP contribution in [-0.2, 0) is 0 Å². The van der Waals surface area contributed by atoms with E-state index in [9.17, 15) is 4.79 Å². The lowest BCUT2D eigenvalue weighted by Gasteiger charge is -2.16. The van der Waals surface area contributed by atoms with Crippen molar-refractivity contribution in [2.45, 2.75) is 19.4 Å². The Bertz CT molecular complexity index is 911. The van der Waals surface area contributed by atoms with Crippen LogP contribution in [0.3, 0.4) is 0 Å². The lowest BCUT2D eigenvalue weighted by molar-refractivity contribution is 0.0765. The van der Waals surface area contributed by atoms with Crippen LogP contribution in [0, 0.1) is 6.92 Å². The highest BCUT2D eigenvalue weighted by molar-refractivity contribution is 5.92. The van der Waals surface area contributed by atoms with Gasteiger partial charge in [0.05, 0.1) is 24.0 Å². The van der Waals surface area contributed by atoms with Crippen LogP contribution >= 0.6 is 0 Å². The number of aromatic nitrogens is 3. The second-order valence-corrected chi connectivity index (χ2v) is 6.16. The molecule has 0 saturated carbocycles. The van der Waals surface area contributed by atoms with Gasteiger partial charge in [0.1, 0.15) is 11.8 Å². The predicted octanol–water partition coefficient (Wildman–Crippen LogP) is 2.63. The number of ether oxygens (including phenoxy) is 1. The molecule has 3 heterocycles. The number of para-hydroxylation sites is 1. The number of hydrogen-bond acceptors (Lipinski definition) is 5. The molecule has 0 N–H and O–H groups in total. The summed E-state index contributed by atoms with van der Waals surface area (Å²) in [6.07, 6.45) is 3.85. The van der Waals surface area contributed by atoms with Crippen molar-refractivity contribution >= 4 is 16.8 Å². The van der Waals surface area contributed by atoms with Gasteiger partial charge in [0.2, 0.25) is 5.88 Å². The third-order valence-electron chi connectivity index (χ3n) is 4.29. The quantitative estimate of drug-likeness (QED) is 0.736. The summed E-state index contributed by atoms with van der Waals surface area (Å²) in [4.78, 5) is 27.1. The standard InChI is InChI=1S/C19H18N4O2/c1-13-10-21-17(11-20-13)19(24)23-9-8-15(12-23)25-18-7-6-14-4-2-3-5-16(14)22-18/h2-7,10-11,15H,8-9,12H2,1H3. The largest absolute Gasteiger partial charge is 0.472 e. The number of carbonyl (C=O) groups is 1. The van der Waals surface area contributed by atoms with Crippen LogP contribution in [0.4, 0.5) is 0 Å². The number of pyridine rings is 1. The first-order valence-electron chi connectivity index (χ1n) is 8.29. The van der Waals surface area contributed by atoms with E-state index in [-0.39, 0.29) is 12.0 Å². The molecular weight excluding hydrogens is 316 g/mol. The van der Waals surface area contributed by atoms with E-state index in [0.717, 1.165) is 23.0 Å². The zero-order valence-corrected chi connectivity index (χ0v) is 13.9. The van der Waals surface area contributed by atoms with Gasteiger partial charge in [-0.15, -0.1) is 0 Å². The van der Waals surface area contributed by atoms with Crippen molar-refractivity contribution in [1.82, 2.24) is 19.9 Å². The third kappa shape index (κ3) is 3.28.